The molecular weight excluding hydrogens is 178 g/mol. The normalized spacial score (nSPS) is 39.0. The fraction of sp³-hybridized carbons (Fsp3) is 0.455. The highest BCUT2D eigenvalue weighted by Crippen LogP contribution is 2.54. The number of β-amino-alcohol motifs (C(OH)–C–C–N with tert-alkyl or cyclic N) is 1. The summed E-state index contributed by atoms with van der Waals surface area (Å²) in [5.74, 6) is 0. The third-order valence-corrected chi connectivity index (χ3v) is 3.61. The Kier molecular flexibility index (Phi) is 1.36. The zero-order valence-electron chi connectivity index (χ0n) is 7.83. The van der Waals surface area contributed by atoms with Gasteiger partial charge < -0.3 is 15.5 Å². The van der Waals surface area contributed by atoms with Crippen LogP contribution < -0.4 is 5.32 Å². The topological polar surface area (TPSA) is 52.5 Å². The lowest BCUT2D eigenvalue weighted by Crippen LogP contribution is -2.66. The Morgan fingerprint density at radius 2 is 1.93 bits per heavy atom. The van der Waals surface area contributed by atoms with Gasteiger partial charge in [0.05, 0.1) is 0 Å². The summed E-state index contributed by atoms with van der Waals surface area (Å²) in [7, 11) is 0. The van der Waals surface area contributed by atoms with Crippen LogP contribution in [0.2, 0.25) is 0 Å². The number of hydrogen-bond donors (Lipinski definition) is 3. The minimum atomic E-state index is -1.02. The van der Waals surface area contributed by atoms with Crippen LogP contribution in [0.3, 0.4) is 0 Å². The number of benzene rings is 1. The summed E-state index contributed by atoms with van der Waals surface area (Å²) >= 11 is 0. The van der Waals surface area contributed by atoms with Crippen LogP contribution in [-0.4, -0.2) is 22.4 Å². The van der Waals surface area contributed by atoms with Gasteiger partial charge in [-0.3, -0.25) is 0 Å². The highest BCUT2D eigenvalue weighted by Gasteiger charge is 2.60. The summed E-state index contributed by atoms with van der Waals surface area (Å²) in [6.45, 7) is 0.445. The highest BCUT2D eigenvalue weighted by atomic mass is 16.4. The maximum atomic E-state index is 10.4. The molecule has 3 rings (SSSR count). The third-order valence-electron chi connectivity index (χ3n) is 3.61. The Labute approximate surface area is 82.4 Å². The van der Waals surface area contributed by atoms with E-state index in [-0.39, 0.29) is 0 Å². The van der Waals surface area contributed by atoms with Gasteiger partial charge in [0.2, 0.25) is 0 Å². The van der Waals surface area contributed by atoms with Gasteiger partial charge in [-0.1, -0.05) is 18.2 Å². The standard InChI is InChI=1S/C11H13NO2/c13-10-5-6-11(10,14)8-3-1-2-4-9(8)12-7-10/h1-4,12-14H,5-7H2/t10-,11+/m1/s1. The Morgan fingerprint density at radius 3 is 2.64 bits per heavy atom. The van der Waals surface area contributed by atoms with E-state index in [0.29, 0.717) is 19.4 Å². The average Bonchev–Trinajstić information content (AvgIpc) is 2.22. The second kappa shape index (κ2) is 2.30. The first-order valence-electron chi connectivity index (χ1n) is 4.94. The molecule has 2 aliphatic rings. The van der Waals surface area contributed by atoms with E-state index >= 15 is 0 Å². The van der Waals surface area contributed by atoms with Crippen molar-refractivity contribution in [3.05, 3.63) is 29.8 Å². The second-order valence-corrected chi connectivity index (χ2v) is 4.29. The van der Waals surface area contributed by atoms with Crippen molar-refractivity contribution in [2.24, 2.45) is 0 Å². The first-order chi connectivity index (χ1) is 6.66. The average molecular weight is 191 g/mol. The number of nitrogens with one attached hydrogen (secondary N) is 1. The lowest BCUT2D eigenvalue weighted by Gasteiger charge is -2.56. The van der Waals surface area contributed by atoms with Gasteiger partial charge in [0.15, 0.2) is 0 Å². The van der Waals surface area contributed by atoms with Gasteiger partial charge in [0, 0.05) is 17.8 Å². The van der Waals surface area contributed by atoms with E-state index in [1.165, 1.54) is 0 Å². The second-order valence-electron chi connectivity index (χ2n) is 4.29. The van der Waals surface area contributed by atoms with Gasteiger partial charge in [-0.15, -0.1) is 0 Å². The van der Waals surface area contributed by atoms with Gasteiger partial charge in [-0.2, -0.15) is 0 Å². The number of hydrogen-bond acceptors (Lipinski definition) is 3. The quantitative estimate of drug-likeness (QED) is 0.569. The van der Waals surface area contributed by atoms with Crippen molar-refractivity contribution in [3.63, 3.8) is 0 Å². The molecule has 3 nitrogen and oxygen atoms in total. The van der Waals surface area contributed by atoms with Crippen molar-refractivity contribution in [2.75, 3.05) is 11.9 Å². The molecule has 0 radical (unpaired) electrons. The maximum absolute atomic E-state index is 10.4. The summed E-state index contributed by atoms with van der Waals surface area (Å²) in [6.07, 6.45) is 1.33. The van der Waals surface area contributed by atoms with Crippen molar-refractivity contribution in [1.29, 1.82) is 0 Å². The first kappa shape index (κ1) is 8.26. The molecule has 1 fully saturated rings. The molecular formula is C11H13NO2. The van der Waals surface area contributed by atoms with Crippen LogP contribution in [0.5, 0.6) is 0 Å². The van der Waals surface area contributed by atoms with Gasteiger partial charge in [-0.25, -0.2) is 0 Å². The molecule has 74 valence electrons. The van der Waals surface area contributed by atoms with Crippen LogP contribution in [0.1, 0.15) is 18.4 Å². The van der Waals surface area contributed by atoms with Crippen LogP contribution in [0.4, 0.5) is 5.69 Å². The summed E-state index contributed by atoms with van der Waals surface area (Å²) in [5.41, 5.74) is -0.199. The molecule has 14 heavy (non-hydrogen) atoms. The van der Waals surface area contributed by atoms with E-state index in [1.54, 1.807) is 0 Å². The number of aliphatic hydroxyl groups is 2. The predicted octanol–water partition coefficient (Wildman–Crippen LogP) is 0.825. The van der Waals surface area contributed by atoms with Crippen molar-refractivity contribution >= 4 is 5.69 Å². The summed E-state index contributed by atoms with van der Waals surface area (Å²) in [5, 5.41) is 23.6. The fourth-order valence-corrected chi connectivity index (χ4v) is 2.51. The Bertz CT molecular complexity index is 393. The van der Waals surface area contributed by atoms with E-state index in [9.17, 15) is 10.2 Å². The van der Waals surface area contributed by atoms with E-state index in [0.717, 1.165) is 11.3 Å². The Hall–Kier alpha value is -1.06. The molecule has 3 heteroatoms. The minimum absolute atomic E-state index is 0.445. The Balaban J connectivity index is 2.18. The van der Waals surface area contributed by atoms with Crippen LogP contribution in [0.15, 0.2) is 24.3 Å². The molecule has 1 aliphatic carbocycles. The smallest absolute Gasteiger partial charge is 0.122 e. The number of fused-ring (bicyclic) bond motifs is 3. The largest absolute Gasteiger partial charge is 0.385 e. The number of para-hydroxylation sites is 1. The van der Waals surface area contributed by atoms with Crippen molar-refractivity contribution in [2.45, 2.75) is 24.0 Å². The van der Waals surface area contributed by atoms with Crippen molar-refractivity contribution in [1.82, 2.24) is 0 Å². The SMILES string of the molecule is O[C@@]12CC[C@]1(O)c1ccccc1NC2. The minimum Gasteiger partial charge on any atom is -0.385 e. The molecule has 1 aromatic rings. The Morgan fingerprint density at radius 1 is 1.14 bits per heavy atom. The van der Waals surface area contributed by atoms with Gasteiger partial charge >= 0.3 is 0 Å². The third kappa shape index (κ3) is 0.751. The van der Waals surface area contributed by atoms with Gasteiger partial charge in [0.25, 0.3) is 0 Å². The van der Waals surface area contributed by atoms with E-state index in [1.807, 2.05) is 24.3 Å². The van der Waals surface area contributed by atoms with Crippen LogP contribution in [0.25, 0.3) is 0 Å². The lowest BCUT2D eigenvalue weighted by atomic mass is 9.60. The van der Waals surface area contributed by atoms with Crippen molar-refractivity contribution in [3.8, 4) is 0 Å². The zero-order valence-corrected chi connectivity index (χ0v) is 7.83. The number of rotatable bonds is 0. The lowest BCUT2D eigenvalue weighted by molar-refractivity contribution is -0.224. The van der Waals surface area contributed by atoms with Gasteiger partial charge in [-0.05, 0) is 18.9 Å². The molecule has 0 spiro atoms. The van der Waals surface area contributed by atoms with E-state index < -0.39 is 11.2 Å². The molecule has 0 saturated heterocycles. The molecule has 1 aliphatic heterocycles. The molecule has 0 aromatic heterocycles. The van der Waals surface area contributed by atoms with Crippen LogP contribution >= 0.6 is 0 Å². The van der Waals surface area contributed by atoms with Crippen molar-refractivity contribution < 1.29 is 10.2 Å². The molecule has 0 bridgehead atoms. The van der Waals surface area contributed by atoms with Crippen LogP contribution in [0, 0.1) is 0 Å². The molecule has 1 saturated carbocycles. The predicted molar refractivity (Wildman–Crippen MR) is 53.0 cm³/mol. The van der Waals surface area contributed by atoms with E-state index in [4.69, 9.17) is 0 Å². The van der Waals surface area contributed by atoms with Gasteiger partial charge in [0.1, 0.15) is 11.2 Å². The van der Waals surface area contributed by atoms with Crippen LogP contribution in [-0.2, 0) is 5.60 Å². The first-order valence-corrected chi connectivity index (χ1v) is 4.94. The molecule has 1 aromatic carbocycles. The zero-order chi connectivity index (χ0) is 9.81. The molecule has 3 N–H and O–H groups in total. The molecule has 0 unspecified atom stereocenters. The fourth-order valence-electron chi connectivity index (χ4n) is 2.51. The molecule has 0 amide bonds. The summed E-state index contributed by atoms with van der Waals surface area (Å²) < 4.78 is 0. The van der Waals surface area contributed by atoms with E-state index in [2.05, 4.69) is 5.32 Å². The highest BCUT2D eigenvalue weighted by molar-refractivity contribution is 5.59. The molecule has 2 atom stereocenters. The summed E-state index contributed by atoms with van der Waals surface area (Å²) in [6, 6.07) is 7.64. The number of anilines is 1. The maximum Gasteiger partial charge on any atom is 0.122 e. The summed E-state index contributed by atoms with van der Waals surface area (Å²) in [4.78, 5) is 0. The monoisotopic (exact) mass is 191 g/mol. The molecule has 1 heterocycles.